The average Bonchev–Trinajstić information content (AvgIpc) is 2.98. The van der Waals surface area contributed by atoms with Crippen LogP contribution in [0.25, 0.3) is 11.3 Å². The lowest BCUT2D eigenvalue weighted by atomic mass is 10.1. The van der Waals surface area contributed by atoms with Crippen LogP contribution in [0.5, 0.6) is 0 Å². The molecule has 2 nitrogen and oxygen atoms in total. The molecule has 1 aliphatic carbocycles. The van der Waals surface area contributed by atoms with Gasteiger partial charge in [0.2, 0.25) is 0 Å². The average molecular weight is 248 g/mol. The Morgan fingerprint density at radius 3 is 2.94 bits per heavy atom. The second-order valence-electron chi connectivity index (χ2n) is 4.21. The lowest BCUT2D eigenvalue weighted by Crippen LogP contribution is -1.98. The molecule has 1 N–H and O–H groups in total. The van der Waals surface area contributed by atoms with Crippen molar-refractivity contribution in [2.75, 3.05) is 0 Å². The normalized spacial score (nSPS) is 15.3. The maximum Gasteiger partial charge on any atom is 0.133 e. The number of aromatic amines is 1. The summed E-state index contributed by atoms with van der Waals surface area (Å²) in [6, 6.07) is 2.12. The fraction of sp³-hybridized carbons (Fsp3) is 0.333. The van der Waals surface area contributed by atoms with Crippen molar-refractivity contribution in [1.29, 1.82) is 0 Å². The molecule has 0 spiro atoms. The third-order valence-corrected chi connectivity index (χ3v) is 4.03. The third-order valence-electron chi connectivity index (χ3n) is 2.94. The molecule has 3 rings (SSSR count). The van der Waals surface area contributed by atoms with Crippen LogP contribution in [0.2, 0.25) is 0 Å². The maximum atomic E-state index is 5.32. The van der Waals surface area contributed by atoms with E-state index in [9.17, 15) is 0 Å². The fourth-order valence-corrected chi connectivity index (χ4v) is 2.64. The van der Waals surface area contributed by atoms with Gasteiger partial charge in [0.1, 0.15) is 10.5 Å². The molecule has 0 aliphatic heterocycles. The monoisotopic (exact) mass is 248 g/mol. The predicted molar refractivity (Wildman–Crippen MR) is 69.4 cm³/mol. The molecule has 0 atom stereocenters. The van der Waals surface area contributed by atoms with Crippen LogP contribution in [0, 0.1) is 11.6 Å². The molecule has 0 unspecified atom stereocenters. The number of nitrogens with one attached hydrogen (secondary N) is 1. The summed E-state index contributed by atoms with van der Waals surface area (Å²) in [5.74, 6) is 1.68. The van der Waals surface area contributed by atoms with Crippen molar-refractivity contribution in [3.05, 3.63) is 32.9 Å². The molecule has 0 saturated heterocycles. The minimum Gasteiger partial charge on any atom is -0.343 e. The molecule has 82 valence electrons. The van der Waals surface area contributed by atoms with E-state index < -0.39 is 0 Å². The number of nitrogens with zero attached hydrogens (tertiary/aromatic N) is 1. The van der Waals surface area contributed by atoms with E-state index in [2.05, 4.69) is 26.8 Å². The predicted octanol–water partition coefficient (Wildman–Crippen LogP) is 4.05. The maximum absolute atomic E-state index is 5.32. The van der Waals surface area contributed by atoms with Crippen molar-refractivity contribution < 1.29 is 0 Å². The van der Waals surface area contributed by atoms with E-state index in [1.807, 2.05) is 6.92 Å². The third kappa shape index (κ3) is 1.72. The van der Waals surface area contributed by atoms with Gasteiger partial charge in [-0.15, -0.1) is 0 Å². The minimum absolute atomic E-state index is 0.611. The Morgan fingerprint density at radius 1 is 1.50 bits per heavy atom. The highest BCUT2D eigenvalue weighted by molar-refractivity contribution is 7.71. The van der Waals surface area contributed by atoms with Crippen LogP contribution < -0.4 is 0 Å². The molecular weight excluding hydrogens is 236 g/mol. The van der Waals surface area contributed by atoms with Gasteiger partial charge in [-0.1, -0.05) is 12.2 Å². The van der Waals surface area contributed by atoms with Gasteiger partial charge in [0, 0.05) is 22.4 Å². The largest absolute Gasteiger partial charge is 0.343 e. The van der Waals surface area contributed by atoms with E-state index in [0.29, 0.717) is 5.92 Å². The van der Waals surface area contributed by atoms with Gasteiger partial charge in [0.15, 0.2) is 0 Å². The zero-order valence-electron chi connectivity index (χ0n) is 8.99. The summed E-state index contributed by atoms with van der Waals surface area (Å²) in [5.41, 5.74) is 3.44. The smallest absolute Gasteiger partial charge is 0.133 e. The van der Waals surface area contributed by atoms with Crippen LogP contribution in [0.1, 0.15) is 30.1 Å². The summed E-state index contributed by atoms with van der Waals surface area (Å²) >= 11 is 7.03. The van der Waals surface area contributed by atoms with Gasteiger partial charge >= 0.3 is 0 Å². The standard InChI is InChI=1S/C12H12N2S2/c1-7-10(9-4-5-16-6-9)13-11(8-2-3-8)14-12(7)15/h4-6,8H,2-3H2,1H3,(H,13,14,15). The molecule has 1 fully saturated rings. The zero-order valence-corrected chi connectivity index (χ0v) is 10.6. The number of H-pyrrole nitrogens is 1. The van der Waals surface area contributed by atoms with Crippen molar-refractivity contribution in [3.63, 3.8) is 0 Å². The van der Waals surface area contributed by atoms with Crippen molar-refractivity contribution in [3.8, 4) is 11.3 Å². The van der Waals surface area contributed by atoms with Gasteiger partial charge in [-0.25, -0.2) is 4.98 Å². The number of hydrogen-bond donors (Lipinski definition) is 1. The molecule has 0 radical (unpaired) electrons. The molecule has 0 aromatic carbocycles. The summed E-state index contributed by atoms with van der Waals surface area (Å²) in [5, 5.41) is 4.23. The molecule has 1 saturated carbocycles. The lowest BCUT2D eigenvalue weighted by molar-refractivity contribution is 0.914. The first-order chi connectivity index (χ1) is 7.75. The van der Waals surface area contributed by atoms with Crippen molar-refractivity contribution >= 4 is 23.6 Å². The molecule has 0 bridgehead atoms. The van der Waals surface area contributed by atoms with Gasteiger partial charge in [-0.3, -0.25) is 0 Å². The summed E-state index contributed by atoms with van der Waals surface area (Å²) in [7, 11) is 0. The Kier molecular flexibility index (Phi) is 2.41. The van der Waals surface area contributed by atoms with E-state index in [4.69, 9.17) is 12.2 Å². The van der Waals surface area contributed by atoms with Gasteiger partial charge in [-0.05, 0) is 31.2 Å². The topological polar surface area (TPSA) is 28.7 Å². The molecule has 1 aliphatic rings. The van der Waals surface area contributed by atoms with Gasteiger partial charge in [0.25, 0.3) is 0 Å². The molecule has 2 heterocycles. The second kappa shape index (κ2) is 3.79. The second-order valence-corrected chi connectivity index (χ2v) is 5.38. The first-order valence-corrected chi connectivity index (χ1v) is 6.74. The number of thiophene rings is 1. The fourth-order valence-electron chi connectivity index (χ4n) is 1.80. The van der Waals surface area contributed by atoms with E-state index in [1.165, 1.54) is 18.4 Å². The van der Waals surface area contributed by atoms with Crippen LogP contribution in [0.4, 0.5) is 0 Å². The Hall–Kier alpha value is -1.00. The highest BCUT2D eigenvalue weighted by Gasteiger charge is 2.26. The van der Waals surface area contributed by atoms with Gasteiger partial charge in [-0.2, -0.15) is 11.3 Å². The first kappa shape index (κ1) is 10.2. The van der Waals surface area contributed by atoms with Crippen LogP contribution in [0.3, 0.4) is 0 Å². The summed E-state index contributed by atoms with van der Waals surface area (Å²) in [6.07, 6.45) is 2.48. The quantitative estimate of drug-likeness (QED) is 0.812. The highest BCUT2D eigenvalue weighted by Crippen LogP contribution is 2.39. The van der Waals surface area contributed by atoms with Crippen LogP contribution >= 0.6 is 23.6 Å². The van der Waals surface area contributed by atoms with Crippen molar-refractivity contribution in [2.45, 2.75) is 25.7 Å². The van der Waals surface area contributed by atoms with Crippen molar-refractivity contribution in [2.24, 2.45) is 0 Å². The molecule has 0 amide bonds. The first-order valence-electron chi connectivity index (χ1n) is 5.39. The van der Waals surface area contributed by atoms with Gasteiger partial charge in [0.05, 0.1) is 5.69 Å². The minimum atomic E-state index is 0.611. The number of aromatic nitrogens is 2. The van der Waals surface area contributed by atoms with Crippen LogP contribution in [0.15, 0.2) is 16.8 Å². The van der Waals surface area contributed by atoms with E-state index in [-0.39, 0.29) is 0 Å². The highest BCUT2D eigenvalue weighted by atomic mass is 32.1. The molecule has 2 aromatic heterocycles. The van der Waals surface area contributed by atoms with E-state index in [0.717, 1.165) is 21.7 Å². The summed E-state index contributed by atoms with van der Waals surface area (Å²) < 4.78 is 0.738. The molecule has 4 heteroatoms. The van der Waals surface area contributed by atoms with Crippen molar-refractivity contribution in [1.82, 2.24) is 9.97 Å². The van der Waals surface area contributed by atoms with Crippen LogP contribution in [-0.2, 0) is 0 Å². The van der Waals surface area contributed by atoms with E-state index in [1.54, 1.807) is 11.3 Å². The molecule has 2 aromatic rings. The lowest BCUT2D eigenvalue weighted by Gasteiger charge is -2.07. The Morgan fingerprint density at radius 2 is 2.31 bits per heavy atom. The molecular formula is C12H12N2S2. The Labute approximate surface area is 103 Å². The van der Waals surface area contributed by atoms with E-state index >= 15 is 0 Å². The Bertz CT molecular complexity index is 565. The summed E-state index contributed by atoms with van der Waals surface area (Å²) in [4.78, 5) is 7.91. The Balaban J connectivity index is 2.19. The number of rotatable bonds is 2. The molecule has 16 heavy (non-hydrogen) atoms. The summed E-state index contributed by atoms with van der Waals surface area (Å²) in [6.45, 7) is 2.04. The SMILES string of the molecule is Cc1c(-c2ccsc2)[nH]c(C2CC2)nc1=S. The van der Waals surface area contributed by atoms with Crippen LogP contribution in [-0.4, -0.2) is 9.97 Å². The zero-order chi connectivity index (χ0) is 11.1. The van der Waals surface area contributed by atoms with Gasteiger partial charge < -0.3 is 4.98 Å². The number of hydrogen-bond acceptors (Lipinski definition) is 3.